The minimum atomic E-state index is 0.0425. The number of nitrogens with one attached hydrogen (secondary N) is 1. The Morgan fingerprint density at radius 1 is 1.22 bits per heavy atom. The van der Waals surface area contributed by atoms with Gasteiger partial charge in [-0.3, -0.25) is 9.69 Å². The molecule has 3 atom stereocenters. The van der Waals surface area contributed by atoms with E-state index in [9.17, 15) is 4.79 Å². The molecular formula is C14H27N3O. The summed E-state index contributed by atoms with van der Waals surface area (Å²) in [5, 5.41) is 3.30. The monoisotopic (exact) mass is 253 g/mol. The maximum atomic E-state index is 12.5. The Balaban J connectivity index is 1.95. The summed E-state index contributed by atoms with van der Waals surface area (Å²) < 4.78 is 0. The molecule has 1 amide bonds. The average molecular weight is 253 g/mol. The molecule has 0 saturated carbocycles. The van der Waals surface area contributed by atoms with Crippen molar-refractivity contribution < 1.29 is 4.79 Å². The molecule has 2 fully saturated rings. The highest BCUT2D eigenvalue weighted by Gasteiger charge is 2.32. The van der Waals surface area contributed by atoms with Gasteiger partial charge in [-0.15, -0.1) is 0 Å². The van der Waals surface area contributed by atoms with Gasteiger partial charge in [0.25, 0.3) is 0 Å². The van der Waals surface area contributed by atoms with E-state index < -0.39 is 0 Å². The van der Waals surface area contributed by atoms with Crippen LogP contribution in [-0.4, -0.2) is 60.5 Å². The minimum Gasteiger partial charge on any atom is -0.339 e. The fraction of sp³-hybridized carbons (Fsp3) is 0.929. The Labute approximate surface area is 111 Å². The molecular weight excluding hydrogens is 226 g/mol. The van der Waals surface area contributed by atoms with Crippen molar-refractivity contribution in [1.29, 1.82) is 0 Å². The van der Waals surface area contributed by atoms with Crippen molar-refractivity contribution in [3.63, 3.8) is 0 Å². The third kappa shape index (κ3) is 3.04. The van der Waals surface area contributed by atoms with E-state index in [-0.39, 0.29) is 6.04 Å². The molecule has 4 nitrogen and oxygen atoms in total. The largest absolute Gasteiger partial charge is 0.339 e. The van der Waals surface area contributed by atoms with Gasteiger partial charge < -0.3 is 10.2 Å². The van der Waals surface area contributed by atoms with Crippen LogP contribution in [-0.2, 0) is 4.79 Å². The zero-order valence-corrected chi connectivity index (χ0v) is 12.0. The lowest BCUT2D eigenvalue weighted by molar-refractivity contribution is -0.138. The number of amides is 1. The van der Waals surface area contributed by atoms with Crippen LogP contribution in [0.3, 0.4) is 0 Å². The van der Waals surface area contributed by atoms with Gasteiger partial charge >= 0.3 is 0 Å². The summed E-state index contributed by atoms with van der Waals surface area (Å²) in [7, 11) is 0. The molecule has 18 heavy (non-hydrogen) atoms. The quantitative estimate of drug-likeness (QED) is 0.795. The van der Waals surface area contributed by atoms with Crippen LogP contribution >= 0.6 is 0 Å². The molecule has 2 aliphatic rings. The number of nitrogens with zero attached hydrogens (tertiary/aromatic N) is 2. The van der Waals surface area contributed by atoms with Crippen molar-refractivity contribution >= 4 is 5.91 Å². The van der Waals surface area contributed by atoms with E-state index in [1.54, 1.807) is 0 Å². The third-order valence-electron chi connectivity index (χ3n) is 4.45. The van der Waals surface area contributed by atoms with Crippen LogP contribution < -0.4 is 5.32 Å². The van der Waals surface area contributed by atoms with E-state index in [4.69, 9.17) is 0 Å². The summed E-state index contributed by atoms with van der Waals surface area (Å²) in [4.78, 5) is 16.9. The first kappa shape index (κ1) is 13.8. The lowest BCUT2D eigenvalue weighted by Gasteiger charge is -2.42. The second-order valence-corrected chi connectivity index (χ2v) is 5.98. The standard InChI is InChI=1S/C14H27N3O/c1-11-4-5-12(2)17(10-11)13(3)14(18)16-8-6-15-7-9-16/h11-13,15H,4-10H2,1-3H3. The van der Waals surface area contributed by atoms with Crippen molar-refractivity contribution in [3.8, 4) is 0 Å². The molecule has 0 aromatic heterocycles. The first-order valence-electron chi connectivity index (χ1n) is 7.35. The third-order valence-corrected chi connectivity index (χ3v) is 4.45. The van der Waals surface area contributed by atoms with E-state index in [0.717, 1.165) is 38.6 Å². The Morgan fingerprint density at radius 2 is 1.89 bits per heavy atom. The number of rotatable bonds is 2. The lowest BCUT2D eigenvalue weighted by atomic mass is 9.93. The highest BCUT2D eigenvalue weighted by molar-refractivity contribution is 5.81. The van der Waals surface area contributed by atoms with E-state index in [1.807, 2.05) is 4.90 Å². The van der Waals surface area contributed by atoms with Crippen LogP contribution in [0, 0.1) is 5.92 Å². The molecule has 4 heteroatoms. The normalized spacial score (nSPS) is 32.3. The first-order valence-corrected chi connectivity index (χ1v) is 7.35. The van der Waals surface area contributed by atoms with Gasteiger partial charge in [0, 0.05) is 38.8 Å². The zero-order valence-electron chi connectivity index (χ0n) is 12.0. The van der Waals surface area contributed by atoms with Gasteiger partial charge in [-0.25, -0.2) is 0 Å². The van der Waals surface area contributed by atoms with Gasteiger partial charge in [0.1, 0.15) is 0 Å². The molecule has 2 rings (SSSR count). The number of likely N-dealkylation sites (tertiary alicyclic amines) is 1. The molecule has 0 radical (unpaired) electrons. The van der Waals surface area contributed by atoms with Gasteiger partial charge in [-0.1, -0.05) is 6.92 Å². The molecule has 0 bridgehead atoms. The summed E-state index contributed by atoms with van der Waals surface area (Å²) >= 11 is 0. The molecule has 2 saturated heterocycles. The van der Waals surface area contributed by atoms with Gasteiger partial charge in [0.15, 0.2) is 0 Å². The van der Waals surface area contributed by atoms with Crippen LogP contribution in [0.15, 0.2) is 0 Å². The maximum Gasteiger partial charge on any atom is 0.239 e. The molecule has 0 aromatic carbocycles. The topological polar surface area (TPSA) is 35.6 Å². The summed E-state index contributed by atoms with van der Waals surface area (Å²) in [5.74, 6) is 1.04. The second-order valence-electron chi connectivity index (χ2n) is 5.98. The molecule has 0 spiro atoms. The van der Waals surface area contributed by atoms with Gasteiger partial charge in [0.2, 0.25) is 5.91 Å². The van der Waals surface area contributed by atoms with Gasteiger partial charge in [-0.05, 0) is 32.6 Å². The maximum absolute atomic E-state index is 12.5. The fourth-order valence-corrected chi connectivity index (χ4v) is 3.15. The second kappa shape index (κ2) is 6.02. The van der Waals surface area contributed by atoms with Gasteiger partial charge in [-0.2, -0.15) is 0 Å². The summed E-state index contributed by atoms with van der Waals surface area (Å²) in [6.07, 6.45) is 2.52. The number of hydrogen-bond acceptors (Lipinski definition) is 3. The average Bonchev–Trinajstić information content (AvgIpc) is 2.41. The van der Waals surface area contributed by atoms with Crippen LogP contribution in [0.1, 0.15) is 33.6 Å². The van der Waals surface area contributed by atoms with Gasteiger partial charge in [0.05, 0.1) is 6.04 Å². The molecule has 1 N–H and O–H groups in total. The van der Waals surface area contributed by atoms with E-state index in [2.05, 4.69) is 31.0 Å². The Bertz CT molecular complexity index is 289. The number of carbonyl (C=O) groups excluding carboxylic acids is 1. The van der Waals surface area contributed by atoms with E-state index >= 15 is 0 Å². The fourth-order valence-electron chi connectivity index (χ4n) is 3.15. The summed E-state index contributed by atoms with van der Waals surface area (Å²) in [6.45, 7) is 11.3. The summed E-state index contributed by atoms with van der Waals surface area (Å²) in [6, 6.07) is 0.587. The molecule has 0 aromatic rings. The number of piperidine rings is 1. The van der Waals surface area contributed by atoms with Crippen molar-refractivity contribution in [2.45, 2.75) is 45.7 Å². The predicted octanol–water partition coefficient (Wildman–Crippen LogP) is 0.927. The zero-order chi connectivity index (χ0) is 13.1. The molecule has 3 unspecified atom stereocenters. The number of hydrogen-bond donors (Lipinski definition) is 1. The Morgan fingerprint density at radius 3 is 2.56 bits per heavy atom. The summed E-state index contributed by atoms with van der Waals surface area (Å²) in [5.41, 5.74) is 0. The Kier molecular flexibility index (Phi) is 4.62. The molecule has 0 aliphatic carbocycles. The molecule has 104 valence electrons. The van der Waals surface area contributed by atoms with Crippen LogP contribution in [0.2, 0.25) is 0 Å². The van der Waals surface area contributed by atoms with Crippen molar-refractivity contribution in [3.05, 3.63) is 0 Å². The number of carbonyl (C=O) groups is 1. The van der Waals surface area contributed by atoms with Crippen molar-refractivity contribution in [2.24, 2.45) is 5.92 Å². The van der Waals surface area contributed by atoms with Crippen LogP contribution in [0.25, 0.3) is 0 Å². The first-order chi connectivity index (χ1) is 8.59. The predicted molar refractivity (Wildman–Crippen MR) is 73.5 cm³/mol. The van der Waals surface area contributed by atoms with E-state index in [1.165, 1.54) is 12.8 Å². The lowest BCUT2D eigenvalue weighted by Crippen LogP contribution is -2.56. The van der Waals surface area contributed by atoms with Crippen LogP contribution in [0.4, 0.5) is 0 Å². The SMILES string of the molecule is CC1CCC(C)N(C(C)C(=O)N2CCNCC2)C1. The minimum absolute atomic E-state index is 0.0425. The highest BCUT2D eigenvalue weighted by Crippen LogP contribution is 2.24. The van der Waals surface area contributed by atoms with E-state index in [0.29, 0.717) is 11.9 Å². The van der Waals surface area contributed by atoms with Crippen LogP contribution in [0.5, 0.6) is 0 Å². The smallest absolute Gasteiger partial charge is 0.239 e. The number of piperazine rings is 1. The molecule has 2 heterocycles. The van der Waals surface area contributed by atoms with Crippen molar-refractivity contribution in [2.75, 3.05) is 32.7 Å². The Hall–Kier alpha value is -0.610. The highest BCUT2D eigenvalue weighted by atomic mass is 16.2. The molecule has 2 aliphatic heterocycles. The van der Waals surface area contributed by atoms with Crippen molar-refractivity contribution in [1.82, 2.24) is 15.1 Å².